The van der Waals surface area contributed by atoms with Crippen LogP contribution in [0.3, 0.4) is 0 Å². The van der Waals surface area contributed by atoms with E-state index < -0.39 is 0 Å². The third-order valence-corrected chi connectivity index (χ3v) is 3.15. The molecule has 0 N–H and O–H groups in total. The number of hydrogen-bond donors (Lipinski definition) is 0. The molecule has 0 radical (unpaired) electrons. The lowest BCUT2D eigenvalue weighted by molar-refractivity contribution is 0.170. The molecule has 1 fully saturated rings. The zero-order chi connectivity index (χ0) is 10.7. The molecule has 0 spiro atoms. The minimum atomic E-state index is 0.363. The van der Waals surface area contributed by atoms with Crippen LogP contribution in [-0.2, 0) is 9.47 Å². The molecular formula is C13H20O2. The van der Waals surface area contributed by atoms with Gasteiger partial charge in [0.1, 0.15) is 12.7 Å². The largest absolute Gasteiger partial charge is 0.495 e. The summed E-state index contributed by atoms with van der Waals surface area (Å²) >= 11 is 0. The molecule has 2 unspecified atom stereocenters. The summed E-state index contributed by atoms with van der Waals surface area (Å²) in [6, 6.07) is 0. The van der Waals surface area contributed by atoms with Gasteiger partial charge in [0, 0.05) is 6.42 Å². The predicted octanol–water partition coefficient (Wildman–Crippen LogP) is 3.05. The van der Waals surface area contributed by atoms with Gasteiger partial charge in [0.2, 0.25) is 0 Å². The summed E-state index contributed by atoms with van der Waals surface area (Å²) in [7, 11) is 0. The quantitative estimate of drug-likeness (QED) is 0.648. The van der Waals surface area contributed by atoms with Crippen molar-refractivity contribution in [2.24, 2.45) is 5.92 Å². The lowest BCUT2D eigenvalue weighted by atomic mass is 9.92. The van der Waals surface area contributed by atoms with Crippen LogP contribution in [0.2, 0.25) is 0 Å². The average molecular weight is 208 g/mol. The fourth-order valence-corrected chi connectivity index (χ4v) is 1.83. The van der Waals surface area contributed by atoms with Gasteiger partial charge >= 0.3 is 0 Å². The molecule has 0 saturated carbocycles. The van der Waals surface area contributed by atoms with Gasteiger partial charge in [0.05, 0.1) is 12.4 Å². The normalized spacial score (nSPS) is 26.7. The van der Waals surface area contributed by atoms with Crippen LogP contribution in [0, 0.1) is 5.92 Å². The number of ether oxygens (including phenoxy) is 2. The molecule has 84 valence electrons. The minimum Gasteiger partial charge on any atom is -0.495 e. The second-order valence-electron chi connectivity index (χ2n) is 4.40. The summed E-state index contributed by atoms with van der Waals surface area (Å²) in [5, 5.41) is 0. The Morgan fingerprint density at radius 1 is 1.60 bits per heavy atom. The van der Waals surface area contributed by atoms with Gasteiger partial charge in [-0.2, -0.15) is 0 Å². The van der Waals surface area contributed by atoms with E-state index in [1.54, 1.807) is 0 Å². The highest BCUT2D eigenvalue weighted by atomic mass is 16.6. The van der Waals surface area contributed by atoms with E-state index in [4.69, 9.17) is 9.47 Å². The Kier molecular flexibility index (Phi) is 3.47. The first-order chi connectivity index (χ1) is 7.31. The molecule has 1 aliphatic heterocycles. The highest BCUT2D eigenvalue weighted by Gasteiger charge is 2.24. The molecule has 2 rings (SSSR count). The van der Waals surface area contributed by atoms with Gasteiger partial charge in [-0.05, 0) is 24.3 Å². The second kappa shape index (κ2) is 4.84. The summed E-state index contributed by atoms with van der Waals surface area (Å²) in [5.74, 6) is 1.80. The van der Waals surface area contributed by atoms with Crippen LogP contribution in [0.1, 0.15) is 33.1 Å². The standard InChI is InChI=1S/C13H20O2/c1-3-10(2)12-6-4-5-7-13(12)15-9-11-8-14-11/h4,6,10-11H,3,5,7-9H2,1-2H3. The lowest BCUT2D eigenvalue weighted by Crippen LogP contribution is -2.09. The molecule has 0 aromatic carbocycles. The molecule has 1 saturated heterocycles. The smallest absolute Gasteiger partial charge is 0.116 e. The predicted molar refractivity (Wildman–Crippen MR) is 60.5 cm³/mol. The van der Waals surface area contributed by atoms with Crippen LogP contribution in [0.15, 0.2) is 23.5 Å². The van der Waals surface area contributed by atoms with Crippen molar-refractivity contribution in [2.45, 2.75) is 39.2 Å². The molecule has 0 amide bonds. The monoisotopic (exact) mass is 208 g/mol. The molecule has 0 aromatic rings. The van der Waals surface area contributed by atoms with Crippen LogP contribution in [-0.4, -0.2) is 19.3 Å². The molecule has 2 aliphatic rings. The molecule has 15 heavy (non-hydrogen) atoms. The summed E-state index contributed by atoms with van der Waals surface area (Å²) < 4.78 is 11.0. The highest BCUT2D eigenvalue weighted by molar-refractivity contribution is 5.28. The van der Waals surface area contributed by atoms with Crippen LogP contribution < -0.4 is 0 Å². The van der Waals surface area contributed by atoms with Gasteiger partial charge in [-0.1, -0.05) is 26.0 Å². The molecule has 0 aromatic heterocycles. The molecule has 1 aliphatic carbocycles. The molecule has 2 atom stereocenters. The topological polar surface area (TPSA) is 21.8 Å². The van der Waals surface area contributed by atoms with Gasteiger partial charge in [0.25, 0.3) is 0 Å². The summed E-state index contributed by atoms with van der Waals surface area (Å²) in [6.45, 7) is 6.11. The maximum Gasteiger partial charge on any atom is 0.116 e. The van der Waals surface area contributed by atoms with Crippen molar-refractivity contribution in [1.29, 1.82) is 0 Å². The van der Waals surface area contributed by atoms with Crippen molar-refractivity contribution in [3.05, 3.63) is 23.5 Å². The van der Waals surface area contributed by atoms with E-state index in [2.05, 4.69) is 26.0 Å². The summed E-state index contributed by atoms with van der Waals surface area (Å²) in [6.07, 6.45) is 8.19. The summed E-state index contributed by atoms with van der Waals surface area (Å²) in [4.78, 5) is 0. The van der Waals surface area contributed by atoms with Gasteiger partial charge in [0.15, 0.2) is 0 Å². The first-order valence-electron chi connectivity index (χ1n) is 5.95. The number of rotatable bonds is 5. The maximum absolute atomic E-state index is 5.85. The van der Waals surface area contributed by atoms with Crippen LogP contribution in [0.4, 0.5) is 0 Å². The zero-order valence-corrected chi connectivity index (χ0v) is 9.66. The number of allylic oxidation sites excluding steroid dienone is 4. The Labute approximate surface area is 92.0 Å². The van der Waals surface area contributed by atoms with Crippen molar-refractivity contribution in [3.8, 4) is 0 Å². The Hall–Kier alpha value is -0.760. The number of epoxide rings is 1. The molecular weight excluding hydrogens is 188 g/mol. The highest BCUT2D eigenvalue weighted by Crippen LogP contribution is 2.28. The van der Waals surface area contributed by atoms with Crippen molar-refractivity contribution in [1.82, 2.24) is 0 Å². The third kappa shape index (κ3) is 2.85. The van der Waals surface area contributed by atoms with Crippen LogP contribution in [0.5, 0.6) is 0 Å². The fraction of sp³-hybridized carbons (Fsp3) is 0.692. The third-order valence-electron chi connectivity index (χ3n) is 3.15. The molecule has 2 heteroatoms. The van der Waals surface area contributed by atoms with E-state index in [1.807, 2.05) is 0 Å². The first kappa shape index (κ1) is 10.7. The van der Waals surface area contributed by atoms with Crippen molar-refractivity contribution in [2.75, 3.05) is 13.2 Å². The van der Waals surface area contributed by atoms with Gasteiger partial charge in [-0.25, -0.2) is 0 Å². The fourth-order valence-electron chi connectivity index (χ4n) is 1.83. The number of hydrogen-bond acceptors (Lipinski definition) is 2. The van der Waals surface area contributed by atoms with Crippen molar-refractivity contribution >= 4 is 0 Å². The van der Waals surface area contributed by atoms with Gasteiger partial charge < -0.3 is 9.47 Å². The lowest BCUT2D eigenvalue weighted by Gasteiger charge is -2.20. The van der Waals surface area contributed by atoms with Crippen molar-refractivity contribution < 1.29 is 9.47 Å². The Morgan fingerprint density at radius 2 is 2.40 bits per heavy atom. The van der Waals surface area contributed by atoms with E-state index in [9.17, 15) is 0 Å². The summed E-state index contributed by atoms with van der Waals surface area (Å²) in [5.41, 5.74) is 1.39. The SMILES string of the molecule is CCC(C)C1=C(OCC2CO2)CCC=C1. The van der Waals surface area contributed by atoms with E-state index in [0.29, 0.717) is 12.0 Å². The van der Waals surface area contributed by atoms with Crippen LogP contribution >= 0.6 is 0 Å². The molecule has 2 nitrogen and oxygen atoms in total. The first-order valence-corrected chi connectivity index (χ1v) is 5.95. The molecule has 1 heterocycles. The van der Waals surface area contributed by atoms with E-state index >= 15 is 0 Å². The van der Waals surface area contributed by atoms with Gasteiger partial charge in [-0.15, -0.1) is 0 Å². The van der Waals surface area contributed by atoms with E-state index in [1.165, 1.54) is 17.8 Å². The van der Waals surface area contributed by atoms with E-state index in [0.717, 1.165) is 26.1 Å². The van der Waals surface area contributed by atoms with E-state index in [-0.39, 0.29) is 0 Å². The van der Waals surface area contributed by atoms with Crippen molar-refractivity contribution in [3.63, 3.8) is 0 Å². The van der Waals surface area contributed by atoms with Crippen LogP contribution in [0.25, 0.3) is 0 Å². The van der Waals surface area contributed by atoms with Gasteiger partial charge in [-0.3, -0.25) is 0 Å². The molecule has 0 bridgehead atoms. The minimum absolute atomic E-state index is 0.363. The maximum atomic E-state index is 5.85. The Bertz CT molecular complexity index is 274. The average Bonchev–Trinajstić information content (AvgIpc) is 3.09. The second-order valence-corrected chi connectivity index (χ2v) is 4.40. The zero-order valence-electron chi connectivity index (χ0n) is 9.66. The Balaban J connectivity index is 1.99. The Morgan fingerprint density at radius 3 is 3.07 bits per heavy atom.